The highest BCUT2D eigenvalue weighted by atomic mass is 19.4. The maximum atomic E-state index is 12.9. The van der Waals surface area contributed by atoms with Crippen molar-refractivity contribution in [3.05, 3.63) is 89.5 Å². The van der Waals surface area contributed by atoms with Crippen LogP contribution in [0.4, 0.5) is 30.2 Å². The van der Waals surface area contributed by atoms with Gasteiger partial charge in [-0.25, -0.2) is 0 Å². The standard InChI is InChI=1S/C27H27F3N4O3/c1-2-3-13-31-25(36)18-7-5-11-22(15-18)33-24(35)17-32-21-10-4-8-19(14-21)26(37)34-23-12-6-9-20(16-23)27(28,29)30/h4-12,14-16,32H,2-3,13,17H2,1H3,(H,31,36)(H,33,35)(H,34,37). The molecule has 0 saturated heterocycles. The zero-order valence-corrected chi connectivity index (χ0v) is 20.1. The summed E-state index contributed by atoms with van der Waals surface area (Å²) in [5, 5.41) is 10.9. The van der Waals surface area contributed by atoms with Crippen LogP contribution in [0.15, 0.2) is 72.8 Å². The van der Waals surface area contributed by atoms with E-state index in [2.05, 4.69) is 21.3 Å². The van der Waals surface area contributed by atoms with Gasteiger partial charge in [0.05, 0.1) is 12.1 Å². The van der Waals surface area contributed by atoms with Crippen molar-refractivity contribution in [2.24, 2.45) is 0 Å². The van der Waals surface area contributed by atoms with Crippen LogP contribution in [0, 0.1) is 0 Å². The first kappa shape index (κ1) is 27.3. The lowest BCUT2D eigenvalue weighted by Gasteiger charge is -2.11. The number of rotatable bonds is 10. The Hall–Kier alpha value is -4.34. The zero-order valence-electron chi connectivity index (χ0n) is 20.1. The number of anilines is 3. The summed E-state index contributed by atoms with van der Waals surface area (Å²) in [6.45, 7) is 2.49. The van der Waals surface area contributed by atoms with Crippen LogP contribution in [0.5, 0.6) is 0 Å². The van der Waals surface area contributed by atoms with Crippen LogP contribution in [0.1, 0.15) is 46.0 Å². The summed E-state index contributed by atoms with van der Waals surface area (Å²) in [6.07, 6.45) is -2.68. The molecule has 4 N–H and O–H groups in total. The van der Waals surface area contributed by atoms with E-state index in [1.54, 1.807) is 36.4 Å². The molecule has 0 radical (unpaired) electrons. The second-order valence-electron chi connectivity index (χ2n) is 8.21. The van der Waals surface area contributed by atoms with E-state index in [-0.39, 0.29) is 29.6 Å². The van der Waals surface area contributed by atoms with Gasteiger partial charge < -0.3 is 21.3 Å². The van der Waals surface area contributed by atoms with Gasteiger partial charge in [0.15, 0.2) is 0 Å². The lowest BCUT2D eigenvalue weighted by Crippen LogP contribution is -2.25. The van der Waals surface area contributed by atoms with Gasteiger partial charge in [-0.1, -0.05) is 31.5 Å². The van der Waals surface area contributed by atoms with Gasteiger partial charge >= 0.3 is 6.18 Å². The van der Waals surface area contributed by atoms with Gasteiger partial charge in [-0.05, 0) is 61.0 Å². The number of amides is 3. The fraction of sp³-hybridized carbons (Fsp3) is 0.222. The average Bonchev–Trinajstić information content (AvgIpc) is 2.87. The molecule has 3 aromatic rings. The molecule has 3 rings (SSSR count). The van der Waals surface area contributed by atoms with Crippen LogP contribution in [-0.4, -0.2) is 30.8 Å². The third kappa shape index (κ3) is 8.38. The smallest absolute Gasteiger partial charge is 0.376 e. The topological polar surface area (TPSA) is 99.3 Å². The number of carbonyl (C=O) groups excluding carboxylic acids is 3. The zero-order chi connectivity index (χ0) is 26.8. The molecule has 10 heteroatoms. The molecule has 0 saturated carbocycles. The third-order valence-electron chi connectivity index (χ3n) is 5.25. The third-order valence-corrected chi connectivity index (χ3v) is 5.25. The maximum absolute atomic E-state index is 12.9. The summed E-state index contributed by atoms with van der Waals surface area (Å²) in [5.41, 5.74) is 0.708. The van der Waals surface area contributed by atoms with E-state index in [0.29, 0.717) is 23.5 Å². The van der Waals surface area contributed by atoms with Crippen LogP contribution in [0.2, 0.25) is 0 Å². The number of hydrogen-bond donors (Lipinski definition) is 4. The minimum atomic E-state index is -4.52. The molecular weight excluding hydrogens is 485 g/mol. The first-order valence-electron chi connectivity index (χ1n) is 11.7. The summed E-state index contributed by atoms with van der Waals surface area (Å²) in [6, 6.07) is 17.2. The van der Waals surface area contributed by atoms with Crippen molar-refractivity contribution >= 4 is 34.8 Å². The largest absolute Gasteiger partial charge is 0.416 e. The second kappa shape index (κ2) is 12.6. The lowest BCUT2D eigenvalue weighted by molar-refractivity contribution is -0.137. The van der Waals surface area contributed by atoms with Gasteiger partial charge in [0.2, 0.25) is 5.91 Å². The molecule has 0 bridgehead atoms. The number of unbranched alkanes of at least 4 members (excludes halogenated alkanes) is 1. The predicted octanol–water partition coefficient (Wildman–Crippen LogP) is 5.54. The van der Waals surface area contributed by atoms with Crippen LogP contribution < -0.4 is 21.3 Å². The van der Waals surface area contributed by atoms with Crippen LogP contribution in [-0.2, 0) is 11.0 Å². The second-order valence-corrected chi connectivity index (χ2v) is 8.21. The van der Waals surface area contributed by atoms with Crippen LogP contribution in [0.25, 0.3) is 0 Å². The molecule has 0 aliphatic carbocycles. The van der Waals surface area contributed by atoms with E-state index in [4.69, 9.17) is 0 Å². The Labute approximate surface area is 212 Å². The van der Waals surface area contributed by atoms with E-state index in [1.807, 2.05) is 6.92 Å². The molecular formula is C27H27F3N4O3. The molecule has 0 aliphatic rings. The summed E-state index contributed by atoms with van der Waals surface area (Å²) in [4.78, 5) is 37.2. The number of alkyl halides is 3. The van der Waals surface area contributed by atoms with Gasteiger partial charge in [0, 0.05) is 34.7 Å². The Morgan fingerprint density at radius 1 is 0.757 bits per heavy atom. The van der Waals surface area contributed by atoms with Gasteiger partial charge in [0.1, 0.15) is 0 Å². The van der Waals surface area contributed by atoms with Crippen molar-refractivity contribution in [2.45, 2.75) is 25.9 Å². The molecule has 194 valence electrons. The van der Waals surface area contributed by atoms with Gasteiger partial charge in [-0.3, -0.25) is 14.4 Å². The van der Waals surface area contributed by atoms with E-state index in [9.17, 15) is 27.6 Å². The van der Waals surface area contributed by atoms with Crippen molar-refractivity contribution in [2.75, 3.05) is 29.0 Å². The lowest BCUT2D eigenvalue weighted by atomic mass is 10.1. The number of hydrogen-bond acceptors (Lipinski definition) is 4. The van der Waals surface area contributed by atoms with Gasteiger partial charge in [-0.2, -0.15) is 13.2 Å². The van der Waals surface area contributed by atoms with E-state index >= 15 is 0 Å². The maximum Gasteiger partial charge on any atom is 0.416 e. The highest BCUT2D eigenvalue weighted by molar-refractivity contribution is 6.05. The fourth-order valence-electron chi connectivity index (χ4n) is 3.35. The van der Waals surface area contributed by atoms with E-state index < -0.39 is 17.6 Å². The molecule has 0 heterocycles. The van der Waals surface area contributed by atoms with Crippen molar-refractivity contribution in [3.63, 3.8) is 0 Å². The summed E-state index contributed by atoms with van der Waals surface area (Å²) >= 11 is 0. The molecule has 37 heavy (non-hydrogen) atoms. The van der Waals surface area contributed by atoms with Crippen molar-refractivity contribution in [1.82, 2.24) is 5.32 Å². The van der Waals surface area contributed by atoms with Crippen molar-refractivity contribution in [3.8, 4) is 0 Å². The van der Waals surface area contributed by atoms with E-state index in [0.717, 1.165) is 25.0 Å². The van der Waals surface area contributed by atoms with Gasteiger partial charge in [-0.15, -0.1) is 0 Å². The first-order chi connectivity index (χ1) is 17.7. The summed E-state index contributed by atoms with van der Waals surface area (Å²) < 4.78 is 38.7. The molecule has 0 unspecified atom stereocenters. The highest BCUT2D eigenvalue weighted by Gasteiger charge is 2.30. The Morgan fingerprint density at radius 3 is 2.03 bits per heavy atom. The minimum Gasteiger partial charge on any atom is -0.376 e. The van der Waals surface area contributed by atoms with Crippen LogP contribution >= 0.6 is 0 Å². The number of benzene rings is 3. The SMILES string of the molecule is CCCCNC(=O)c1cccc(NC(=O)CNc2cccc(C(=O)Nc3cccc(C(F)(F)F)c3)c2)c1. The molecule has 0 aromatic heterocycles. The normalized spacial score (nSPS) is 10.9. The molecule has 0 spiro atoms. The van der Waals surface area contributed by atoms with Gasteiger partial charge in [0.25, 0.3) is 11.8 Å². The fourth-order valence-corrected chi connectivity index (χ4v) is 3.35. The first-order valence-corrected chi connectivity index (χ1v) is 11.7. The summed E-state index contributed by atoms with van der Waals surface area (Å²) in [5.74, 6) is -1.19. The molecule has 0 aliphatic heterocycles. The Bertz CT molecular complexity index is 1260. The number of carbonyl (C=O) groups is 3. The Morgan fingerprint density at radius 2 is 1.35 bits per heavy atom. The highest BCUT2D eigenvalue weighted by Crippen LogP contribution is 2.30. The predicted molar refractivity (Wildman–Crippen MR) is 137 cm³/mol. The monoisotopic (exact) mass is 512 g/mol. The number of nitrogens with one attached hydrogen (secondary N) is 4. The summed E-state index contributed by atoms with van der Waals surface area (Å²) in [7, 11) is 0. The number of halogens is 3. The van der Waals surface area contributed by atoms with E-state index in [1.165, 1.54) is 24.3 Å². The molecule has 3 aromatic carbocycles. The minimum absolute atomic E-state index is 0.0128. The Kier molecular flexibility index (Phi) is 9.26. The average molecular weight is 513 g/mol. The van der Waals surface area contributed by atoms with Crippen LogP contribution in [0.3, 0.4) is 0 Å². The molecule has 0 fully saturated rings. The quantitative estimate of drug-likeness (QED) is 0.268. The molecule has 0 atom stereocenters. The molecule has 3 amide bonds. The molecule has 7 nitrogen and oxygen atoms in total. The van der Waals surface area contributed by atoms with Crippen molar-refractivity contribution in [1.29, 1.82) is 0 Å². The van der Waals surface area contributed by atoms with Crippen molar-refractivity contribution < 1.29 is 27.6 Å². The Balaban J connectivity index is 1.56.